The van der Waals surface area contributed by atoms with E-state index in [0.29, 0.717) is 13.1 Å². The van der Waals surface area contributed by atoms with E-state index < -0.39 is 0 Å². The maximum Gasteiger partial charge on any atom is 0.232 e. The van der Waals surface area contributed by atoms with E-state index >= 15 is 0 Å². The van der Waals surface area contributed by atoms with E-state index in [0.717, 1.165) is 21.3 Å². The number of nitrogens with zero attached hydrogens (tertiary/aromatic N) is 1. The summed E-state index contributed by atoms with van der Waals surface area (Å²) in [4.78, 5) is 14.5. The molecule has 3 nitrogen and oxygen atoms in total. The fourth-order valence-electron chi connectivity index (χ4n) is 2.71. The monoisotopic (exact) mass is 344 g/mol. The van der Waals surface area contributed by atoms with Crippen molar-refractivity contribution in [2.45, 2.75) is 12.5 Å². The quantitative estimate of drug-likeness (QED) is 0.922. The van der Waals surface area contributed by atoms with Crippen molar-refractivity contribution in [1.29, 1.82) is 0 Å². The van der Waals surface area contributed by atoms with Gasteiger partial charge in [0.2, 0.25) is 5.91 Å². The number of hydrogen-bond acceptors (Lipinski definition) is 2. The van der Waals surface area contributed by atoms with Crippen LogP contribution in [0.4, 0.5) is 5.69 Å². The van der Waals surface area contributed by atoms with Gasteiger partial charge in [-0.2, -0.15) is 0 Å². The molecular formula is C17H17BrN2O. The molecule has 2 aromatic rings. The lowest BCUT2D eigenvalue weighted by atomic mass is 10.00. The summed E-state index contributed by atoms with van der Waals surface area (Å²) in [5.41, 5.74) is 3.31. The molecule has 1 atom stereocenters. The highest BCUT2D eigenvalue weighted by molar-refractivity contribution is 9.10. The Labute approximate surface area is 133 Å². The van der Waals surface area contributed by atoms with Crippen molar-refractivity contribution in [2.75, 3.05) is 18.9 Å². The number of likely N-dealkylation sites (N-methyl/N-ethyl adjacent to an activating group) is 1. The number of para-hydroxylation sites is 1. The molecule has 2 aromatic carbocycles. The lowest BCUT2D eigenvalue weighted by Crippen LogP contribution is -2.32. The normalized spacial score (nSPS) is 16.2. The van der Waals surface area contributed by atoms with Crippen LogP contribution in [0.2, 0.25) is 0 Å². The number of rotatable bonds is 3. The molecular weight excluding hydrogens is 328 g/mol. The number of carbonyl (C=O) groups is 1. The number of hydrogen-bond donors (Lipinski definition) is 1. The Morgan fingerprint density at radius 1 is 1.24 bits per heavy atom. The molecule has 1 aliphatic heterocycles. The van der Waals surface area contributed by atoms with E-state index in [1.807, 2.05) is 55.6 Å². The van der Waals surface area contributed by atoms with Crippen molar-refractivity contribution in [2.24, 2.45) is 0 Å². The fraction of sp³-hybridized carbons (Fsp3) is 0.235. The fourth-order valence-corrected chi connectivity index (χ4v) is 2.98. The van der Waals surface area contributed by atoms with Crippen molar-refractivity contribution in [1.82, 2.24) is 4.90 Å². The number of benzene rings is 2. The van der Waals surface area contributed by atoms with Gasteiger partial charge in [-0.3, -0.25) is 4.79 Å². The first kappa shape index (κ1) is 14.1. The number of fused-ring (bicyclic) bond motifs is 1. The largest absolute Gasteiger partial charge is 0.384 e. The Bertz CT molecular complexity index is 654. The Balaban J connectivity index is 1.72. The zero-order chi connectivity index (χ0) is 14.8. The second kappa shape index (κ2) is 5.90. The maximum absolute atomic E-state index is 12.7. The Hall–Kier alpha value is -1.81. The third-order valence-corrected chi connectivity index (χ3v) is 4.37. The summed E-state index contributed by atoms with van der Waals surface area (Å²) in [6, 6.07) is 16.1. The zero-order valence-electron chi connectivity index (χ0n) is 11.8. The van der Waals surface area contributed by atoms with Crippen LogP contribution in [0, 0.1) is 0 Å². The van der Waals surface area contributed by atoms with Gasteiger partial charge < -0.3 is 10.2 Å². The molecule has 0 saturated carbocycles. The van der Waals surface area contributed by atoms with E-state index in [-0.39, 0.29) is 11.8 Å². The van der Waals surface area contributed by atoms with E-state index in [9.17, 15) is 4.79 Å². The minimum atomic E-state index is -0.0818. The van der Waals surface area contributed by atoms with Crippen LogP contribution in [0.15, 0.2) is 53.0 Å². The average Bonchev–Trinajstić information content (AvgIpc) is 2.92. The second-order valence-electron chi connectivity index (χ2n) is 5.34. The molecule has 1 amide bonds. The summed E-state index contributed by atoms with van der Waals surface area (Å²) in [5, 5.41) is 3.30. The first-order chi connectivity index (χ1) is 10.1. The van der Waals surface area contributed by atoms with Crippen molar-refractivity contribution in [3.8, 4) is 0 Å². The van der Waals surface area contributed by atoms with Crippen LogP contribution in [-0.4, -0.2) is 24.4 Å². The van der Waals surface area contributed by atoms with Crippen LogP contribution in [0.25, 0.3) is 0 Å². The third-order valence-electron chi connectivity index (χ3n) is 3.84. The molecule has 1 unspecified atom stereocenters. The van der Waals surface area contributed by atoms with Crippen molar-refractivity contribution in [3.05, 3.63) is 64.1 Å². The Morgan fingerprint density at radius 2 is 1.95 bits per heavy atom. The molecule has 0 aliphatic carbocycles. The number of halogens is 1. The van der Waals surface area contributed by atoms with Crippen LogP contribution in [0.1, 0.15) is 17.0 Å². The molecule has 1 heterocycles. The molecule has 4 heteroatoms. The SMILES string of the molecule is CN(Cc1ccc(Br)cc1)C(=O)C1CNc2ccccc21. The van der Waals surface area contributed by atoms with Gasteiger partial charge in [-0.1, -0.05) is 46.3 Å². The molecule has 0 spiro atoms. The number of anilines is 1. The predicted molar refractivity (Wildman–Crippen MR) is 88.3 cm³/mol. The van der Waals surface area contributed by atoms with Crippen LogP contribution in [-0.2, 0) is 11.3 Å². The molecule has 0 saturated heterocycles. The van der Waals surface area contributed by atoms with Crippen LogP contribution < -0.4 is 5.32 Å². The predicted octanol–water partition coefficient (Wildman–Crippen LogP) is 3.62. The van der Waals surface area contributed by atoms with Crippen molar-refractivity contribution in [3.63, 3.8) is 0 Å². The molecule has 1 N–H and O–H groups in total. The van der Waals surface area contributed by atoms with Gasteiger partial charge in [0.15, 0.2) is 0 Å². The van der Waals surface area contributed by atoms with Crippen LogP contribution in [0.3, 0.4) is 0 Å². The smallest absolute Gasteiger partial charge is 0.232 e. The number of carbonyl (C=O) groups excluding carboxylic acids is 1. The van der Waals surface area contributed by atoms with Gasteiger partial charge >= 0.3 is 0 Å². The lowest BCUT2D eigenvalue weighted by Gasteiger charge is -2.21. The number of nitrogens with one attached hydrogen (secondary N) is 1. The van der Waals surface area contributed by atoms with Gasteiger partial charge in [0.05, 0.1) is 5.92 Å². The lowest BCUT2D eigenvalue weighted by molar-refractivity contribution is -0.131. The third kappa shape index (κ3) is 2.95. The molecule has 0 bridgehead atoms. The highest BCUT2D eigenvalue weighted by Gasteiger charge is 2.30. The first-order valence-corrected chi connectivity index (χ1v) is 7.76. The van der Waals surface area contributed by atoms with Gasteiger partial charge in [0.25, 0.3) is 0 Å². The standard InChI is InChI=1S/C17H17BrN2O/c1-20(11-12-6-8-13(18)9-7-12)17(21)15-10-19-16-5-3-2-4-14(15)16/h2-9,15,19H,10-11H2,1H3. The number of amides is 1. The summed E-state index contributed by atoms with van der Waals surface area (Å²) >= 11 is 3.42. The molecule has 0 fully saturated rings. The Kier molecular flexibility index (Phi) is 3.97. The van der Waals surface area contributed by atoms with Gasteiger partial charge in [-0.05, 0) is 29.3 Å². The van der Waals surface area contributed by atoms with Gasteiger partial charge in [-0.25, -0.2) is 0 Å². The zero-order valence-corrected chi connectivity index (χ0v) is 13.4. The van der Waals surface area contributed by atoms with Gasteiger partial charge in [0.1, 0.15) is 0 Å². The summed E-state index contributed by atoms with van der Waals surface area (Å²) in [6.45, 7) is 1.31. The van der Waals surface area contributed by atoms with Crippen molar-refractivity contribution < 1.29 is 4.79 Å². The van der Waals surface area contributed by atoms with Crippen molar-refractivity contribution >= 4 is 27.5 Å². The topological polar surface area (TPSA) is 32.3 Å². The molecule has 0 aromatic heterocycles. The molecule has 21 heavy (non-hydrogen) atoms. The molecule has 0 radical (unpaired) electrons. The highest BCUT2D eigenvalue weighted by Crippen LogP contribution is 2.32. The molecule has 3 rings (SSSR count). The van der Waals surface area contributed by atoms with Gasteiger partial charge in [0, 0.05) is 30.3 Å². The van der Waals surface area contributed by atoms with E-state index in [2.05, 4.69) is 21.2 Å². The average molecular weight is 345 g/mol. The summed E-state index contributed by atoms with van der Waals surface area (Å²) in [7, 11) is 1.87. The minimum absolute atomic E-state index is 0.0818. The molecule has 108 valence electrons. The summed E-state index contributed by atoms with van der Waals surface area (Å²) in [6.07, 6.45) is 0. The Morgan fingerprint density at radius 3 is 2.71 bits per heavy atom. The maximum atomic E-state index is 12.7. The molecule has 1 aliphatic rings. The minimum Gasteiger partial charge on any atom is -0.384 e. The van der Waals surface area contributed by atoms with E-state index in [1.54, 1.807) is 4.90 Å². The van der Waals surface area contributed by atoms with E-state index in [1.165, 1.54) is 0 Å². The van der Waals surface area contributed by atoms with E-state index in [4.69, 9.17) is 0 Å². The summed E-state index contributed by atoms with van der Waals surface area (Å²) < 4.78 is 1.05. The van der Waals surface area contributed by atoms with Gasteiger partial charge in [-0.15, -0.1) is 0 Å². The second-order valence-corrected chi connectivity index (χ2v) is 6.26. The van der Waals surface area contributed by atoms with Crippen LogP contribution >= 0.6 is 15.9 Å². The highest BCUT2D eigenvalue weighted by atomic mass is 79.9. The first-order valence-electron chi connectivity index (χ1n) is 6.97. The van der Waals surface area contributed by atoms with Crippen LogP contribution in [0.5, 0.6) is 0 Å². The summed E-state index contributed by atoms with van der Waals surface area (Å²) in [5.74, 6) is 0.0806.